The van der Waals surface area contributed by atoms with Gasteiger partial charge in [0.05, 0.1) is 23.9 Å². The summed E-state index contributed by atoms with van der Waals surface area (Å²) in [6.45, 7) is -0.743. The van der Waals surface area contributed by atoms with Crippen LogP contribution in [0.15, 0.2) is 42.4 Å². The maximum absolute atomic E-state index is 13.0. The first-order chi connectivity index (χ1) is 18.1. The summed E-state index contributed by atoms with van der Waals surface area (Å²) in [5.74, 6) is -0.869. The Kier molecular flexibility index (Phi) is 4.63. The Balaban J connectivity index is 1.36. The minimum absolute atomic E-state index is 0.0516. The molecule has 2 fully saturated rings. The van der Waals surface area contributed by atoms with Crippen molar-refractivity contribution in [3.63, 3.8) is 0 Å². The van der Waals surface area contributed by atoms with Crippen LogP contribution in [0.2, 0.25) is 0 Å². The standard InChI is InChI=1S/C25H27N3O5/c29-23-9-8-21(24(30)26-23)28-15-20-19(25(28)31)2-1-3-22(20)33-16-18-6-4-17(5-7-18)14-27-10-12-32-13-11-27/h1-7,21H,8-16H2,(H,26,29,30)/i4D,6D,7D,14D2. The number of hydrogen-bond acceptors (Lipinski definition) is 6. The number of rotatable bonds is 6. The molecule has 0 aliphatic carbocycles. The summed E-state index contributed by atoms with van der Waals surface area (Å²) in [6.07, 6.45) is 0.384. The summed E-state index contributed by atoms with van der Waals surface area (Å²) in [7, 11) is 0. The molecule has 1 N–H and O–H groups in total. The summed E-state index contributed by atoms with van der Waals surface area (Å²) in [5, 5.41) is 2.27. The molecule has 33 heavy (non-hydrogen) atoms. The Bertz CT molecular complexity index is 1310. The average Bonchev–Trinajstić information content (AvgIpc) is 3.23. The van der Waals surface area contributed by atoms with E-state index in [0.29, 0.717) is 43.2 Å². The third-order valence-corrected chi connectivity index (χ3v) is 5.94. The van der Waals surface area contributed by atoms with Crippen LogP contribution in [0.1, 0.15) is 46.7 Å². The molecule has 0 radical (unpaired) electrons. The lowest BCUT2D eigenvalue weighted by Gasteiger charge is -2.29. The molecule has 5 rings (SSSR count). The van der Waals surface area contributed by atoms with Crippen molar-refractivity contribution < 1.29 is 30.7 Å². The van der Waals surface area contributed by atoms with Gasteiger partial charge >= 0.3 is 0 Å². The van der Waals surface area contributed by atoms with E-state index in [0.717, 1.165) is 0 Å². The van der Waals surface area contributed by atoms with E-state index in [2.05, 4.69) is 5.32 Å². The molecule has 1 unspecified atom stereocenters. The summed E-state index contributed by atoms with van der Waals surface area (Å²) >= 11 is 0. The Morgan fingerprint density at radius 3 is 2.76 bits per heavy atom. The average molecular weight is 455 g/mol. The van der Waals surface area contributed by atoms with E-state index in [-0.39, 0.29) is 67.1 Å². The van der Waals surface area contributed by atoms with Crippen molar-refractivity contribution in [2.45, 2.75) is 38.5 Å². The fourth-order valence-electron chi connectivity index (χ4n) is 4.20. The number of ether oxygens (including phenoxy) is 2. The first kappa shape index (κ1) is 16.4. The number of benzene rings is 2. The number of hydrogen-bond donors (Lipinski definition) is 1. The quantitative estimate of drug-likeness (QED) is 0.671. The zero-order valence-corrected chi connectivity index (χ0v) is 18.0. The third-order valence-electron chi connectivity index (χ3n) is 5.94. The van der Waals surface area contributed by atoms with E-state index in [4.69, 9.17) is 16.3 Å². The topological polar surface area (TPSA) is 88.2 Å². The Morgan fingerprint density at radius 1 is 1.12 bits per heavy atom. The van der Waals surface area contributed by atoms with Crippen LogP contribution in [0, 0.1) is 0 Å². The molecule has 3 aliphatic heterocycles. The van der Waals surface area contributed by atoms with Gasteiger partial charge < -0.3 is 14.4 Å². The van der Waals surface area contributed by atoms with Crippen molar-refractivity contribution in [3.05, 3.63) is 64.6 Å². The van der Waals surface area contributed by atoms with Gasteiger partial charge in [0.1, 0.15) is 18.4 Å². The number of morpholine rings is 1. The third kappa shape index (κ3) is 4.62. The fourth-order valence-corrected chi connectivity index (χ4v) is 4.20. The van der Waals surface area contributed by atoms with E-state index in [1.165, 1.54) is 15.9 Å². The normalized spacial score (nSPS) is 23.8. The van der Waals surface area contributed by atoms with E-state index in [1.54, 1.807) is 18.2 Å². The van der Waals surface area contributed by atoms with Crippen LogP contribution >= 0.6 is 0 Å². The van der Waals surface area contributed by atoms with Crippen LogP contribution in [0.3, 0.4) is 0 Å². The molecule has 3 amide bonds. The fraction of sp³-hybridized carbons (Fsp3) is 0.400. The summed E-state index contributed by atoms with van der Waals surface area (Å²) in [5.41, 5.74) is 1.01. The van der Waals surface area contributed by atoms with Gasteiger partial charge in [-0.3, -0.25) is 24.6 Å². The molecular weight excluding hydrogens is 422 g/mol. The van der Waals surface area contributed by atoms with E-state index in [9.17, 15) is 14.4 Å². The number of imide groups is 1. The number of amides is 3. The summed E-state index contributed by atoms with van der Waals surface area (Å²) < 4.78 is 53.8. The van der Waals surface area contributed by atoms with Gasteiger partial charge in [0, 0.05) is 39.9 Å². The zero-order chi connectivity index (χ0) is 27.2. The maximum atomic E-state index is 13.0. The molecule has 3 aliphatic rings. The Hall–Kier alpha value is -3.23. The first-order valence-electron chi connectivity index (χ1n) is 13.4. The highest BCUT2D eigenvalue weighted by molar-refractivity contribution is 6.05. The molecule has 8 heteroatoms. The molecule has 0 spiro atoms. The minimum atomic E-state index is -2.04. The van der Waals surface area contributed by atoms with Crippen LogP contribution < -0.4 is 10.1 Å². The molecule has 0 saturated carbocycles. The highest BCUT2D eigenvalue weighted by Gasteiger charge is 2.40. The van der Waals surface area contributed by atoms with Crippen LogP contribution in [0.4, 0.5) is 0 Å². The monoisotopic (exact) mass is 454 g/mol. The molecule has 3 heterocycles. The molecule has 2 saturated heterocycles. The minimum Gasteiger partial charge on any atom is -0.489 e. The van der Waals surface area contributed by atoms with Crippen molar-refractivity contribution in [3.8, 4) is 5.75 Å². The highest BCUT2D eigenvalue weighted by Crippen LogP contribution is 2.34. The summed E-state index contributed by atoms with van der Waals surface area (Å²) in [6, 6.07) is 4.71. The van der Waals surface area contributed by atoms with E-state index in [1.807, 2.05) is 0 Å². The lowest BCUT2D eigenvalue weighted by Crippen LogP contribution is -2.52. The SMILES string of the molecule is [2H]c1cc(C([2H])([2H])N2CCOCC2)c([2H])c([2H])c1COc1cccc2c1CN(C1CCC(=O)NC1=O)C2=O. The van der Waals surface area contributed by atoms with Crippen molar-refractivity contribution in [2.24, 2.45) is 0 Å². The molecule has 2 aromatic rings. The Labute approximate surface area is 199 Å². The smallest absolute Gasteiger partial charge is 0.255 e. The molecular formula is C25H27N3O5. The predicted molar refractivity (Wildman–Crippen MR) is 119 cm³/mol. The van der Waals surface area contributed by atoms with Crippen LogP contribution in [0.5, 0.6) is 5.75 Å². The lowest BCUT2D eigenvalue weighted by atomic mass is 10.0. The second kappa shape index (κ2) is 9.33. The van der Waals surface area contributed by atoms with E-state index < -0.39 is 18.4 Å². The number of nitrogens with one attached hydrogen (secondary N) is 1. The van der Waals surface area contributed by atoms with Gasteiger partial charge in [-0.05, 0) is 29.7 Å². The van der Waals surface area contributed by atoms with Crippen LogP contribution in [-0.2, 0) is 34.0 Å². The number of fused-ring (bicyclic) bond motifs is 1. The number of carbonyl (C=O) groups excluding carboxylic acids is 3. The van der Waals surface area contributed by atoms with Crippen molar-refractivity contribution in [1.82, 2.24) is 15.1 Å². The van der Waals surface area contributed by atoms with Gasteiger partial charge in [0.15, 0.2) is 0 Å². The predicted octanol–water partition coefficient (Wildman–Crippen LogP) is 1.86. The second-order valence-electron chi connectivity index (χ2n) is 8.11. The molecule has 2 aromatic carbocycles. The molecule has 8 nitrogen and oxygen atoms in total. The van der Waals surface area contributed by atoms with Gasteiger partial charge in [0.25, 0.3) is 5.91 Å². The van der Waals surface area contributed by atoms with Crippen LogP contribution in [-0.4, -0.2) is 59.9 Å². The van der Waals surface area contributed by atoms with Gasteiger partial charge in [0.2, 0.25) is 11.8 Å². The van der Waals surface area contributed by atoms with Gasteiger partial charge in [-0.25, -0.2) is 0 Å². The van der Waals surface area contributed by atoms with E-state index >= 15 is 0 Å². The van der Waals surface area contributed by atoms with Gasteiger partial charge in [-0.1, -0.05) is 30.3 Å². The molecule has 0 bridgehead atoms. The molecule has 0 aromatic heterocycles. The summed E-state index contributed by atoms with van der Waals surface area (Å²) in [4.78, 5) is 39.8. The zero-order valence-electron chi connectivity index (χ0n) is 23.0. The van der Waals surface area contributed by atoms with Gasteiger partial charge in [-0.15, -0.1) is 0 Å². The number of piperidine rings is 1. The first-order valence-corrected chi connectivity index (χ1v) is 10.9. The van der Waals surface area contributed by atoms with Crippen molar-refractivity contribution in [2.75, 3.05) is 26.3 Å². The lowest BCUT2D eigenvalue weighted by molar-refractivity contribution is -0.136. The van der Waals surface area contributed by atoms with Crippen molar-refractivity contribution >= 4 is 17.7 Å². The maximum Gasteiger partial charge on any atom is 0.255 e. The molecule has 1 atom stereocenters. The van der Waals surface area contributed by atoms with Crippen molar-refractivity contribution in [1.29, 1.82) is 0 Å². The number of nitrogens with zero attached hydrogens (tertiary/aromatic N) is 2. The number of carbonyl (C=O) groups is 3. The van der Waals surface area contributed by atoms with Crippen LogP contribution in [0.25, 0.3) is 0 Å². The highest BCUT2D eigenvalue weighted by atomic mass is 16.5. The largest absolute Gasteiger partial charge is 0.489 e. The second-order valence-corrected chi connectivity index (χ2v) is 8.11. The molecule has 172 valence electrons. The van der Waals surface area contributed by atoms with Gasteiger partial charge in [-0.2, -0.15) is 0 Å². The Morgan fingerprint density at radius 2 is 1.94 bits per heavy atom.